The van der Waals surface area contributed by atoms with Crippen LogP contribution < -0.4 is 11.1 Å². The number of carbonyl (C=O) groups is 1. The fourth-order valence-electron chi connectivity index (χ4n) is 1.99. The molecule has 3 heteroatoms. The lowest BCUT2D eigenvalue weighted by molar-refractivity contribution is -0.122. The zero-order chi connectivity index (χ0) is 14.0. The van der Waals surface area contributed by atoms with E-state index in [9.17, 15) is 4.79 Å². The van der Waals surface area contributed by atoms with Gasteiger partial charge in [0.05, 0.1) is 6.04 Å². The van der Waals surface area contributed by atoms with E-state index in [4.69, 9.17) is 5.73 Å². The van der Waals surface area contributed by atoms with Crippen LogP contribution in [-0.4, -0.2) is 18.5 Å². The van der Waals surface area contributed by atoms with E-state index in [0.29, 0.717) is 5.92 Å². The second-order valence-electron chi connectivity index (χ2n) is 6.12. The van der Waals surface area contributed by atoms with Crippen molar-refractivity contribution in [2.24, 2.45) is 17.6 Å². The van der Waals surface area contributed by atoms with Crippen molar-refractivity contribution in [1.29, 1.82) is 0 Å². The summed E-state index contributed by atoms with van der Waals surface area (Å²) in [5.74, 6) is 1.28. The van der Waals surface area contributed by atoms with E-state index in [1.54, 1.807) is 0 Å². The molecule has 18 heavy (non-hydrogen) atoms. The molecule has 108 valence electrons. The molecule has 1 amide bonds. The van der Waals surface area contributed by atoms with Gasteiger partial charge in [0.2, 0.25) is 5.91 Å². The maximum Gasteiger partial charge on any atom is 0.236 e. The molecule has 3 nitrogen and oxygen atoms in total. The van der Waals surface area contributed by atoms with Crippen molar-refractivity contribution in [2.45, 2.75) is 72.3 Å². The van der Waals surface area contributed by atoms with Crippen LogP contribution in [0, 0.1) is 11.8 Å². The standard InChI is InChI=1S/C15H32N2O/c1-12(2)9-7-5-6-8-10-17-15(18)14(16)11-13(3)4/h12-14H,5-11,16H2,1-4H3,(H,17,18)/t14-/m0/s1. The number of amides is 1. The van der Waals surface area contributed by atoms with Crippen molar-refractivity contribution in [2.75, 3.05) is 6.54 Å². The number of nitrogens with two attached hydrogens (primary N) is 1. The van der Waals surface area contributed by atoms with Crippen molar-refractivity contribution < 1.29 is 4.79 Å². The molecule has 0 radical (unpaired) electrons. The summed E-state index contributed by atoms with van der Waals surface area (Å²) in [7, 11) is 0. The third-order valence-corrected chi connectivity index (χ3v) is 3.07. The first-order chi connectivity index (χ1) is 8.43. The van der Waals surface area contributed by atoms with E-state index in [0.717, 1.165) is 25.3 Å². The molecule has 0 aliphatic carbocycles. The average Bonchev–Trinajstić information content (AvgIpc) is 2.26. The molecule has 0 aliphatic rings. The Morgan fingerprint density at radius 3 is 2.17 bits per heavy atom. The second kappa shape index (κ2) is 10.4. The van der Waals surface area contributed by atoms with Crippen LogP contribution in [0.5, 0.6) is 0 Å². The lowest BCUT2D eigenvalue weighted by Crippen LogP contribution is -2.41. The molecule has 0 aromatic carbocycles. The monoisotopic (exact) mass is 256 g/mol. The molecule has 0 saturated carbocycles. The van der Waals surface area contributed by atoms with Crippen LogP contribution in [0.3, 0.4) is 0 Å². The Labute approximate surface area is 113 Å². The number of hydrogen-bond donors (Lipinski definition) is 2. The summed E-state index contributed by atoms with van der Waals surface area (Å²) in [6.45, 7) is 9.46. The highest BCUT2D eigenvalue weighted by Crippen LogP contribution is 2.09. The van der Waals surface area contributed by atoms with E-state index in [1.165, 1.54) is 25.7 Å². The van der Waals surface area contributed by atoms with Crippen LogP contribution in [0.25, 0.3) is 0 Å². The number of rotatable bonds is 10. The molecule has 0 fully saturated rings. The van der Waals surface area contributed by atoms with E-state index in [2.05, 4.69) is 33.0 Å². The van der Waals surface area contributed by atoms with Crippen molar-refractivity contribution in [3.63, 3.8) is 0 Å². The summed E-state index contributed by atoms with van der Waals surface area (Å²) in [6.07, 6.45) is 6.92. The summed E-state index contributed by atoms with van der Waals surface area (Å²) < 4.78 is 0. The fourth-order valence-corrected chi connectivity index (χ4v) is 1.99. The van der Waals surface area contributed by atoms with Crippen molar-refractivity contribution in [1.82, 2.24) is 5.32 Å². The molecule has 0 aromatic rings. The summed E-state index contributed by atoms with van der Waals surface area (Å²) >= 11 is 0. The van der Waals surface area contributed by atoms with E-state index >= 15 is 0 Å². The van der Waals surface area contributed by atoms with E-state index in [-0.39, 0.29) is 11.9 Å². The number of hydrogen-bond acceptors (Lipinski definition) is 2. The predicted octanol–water partition coefficient (Wildman–Crippen LogP) is 3.08. The minimum absolute atomic E-state index is 0.00544. The third-order valence-electron chi connectivity index (χ3n) is 3.07. The highest BCUT2D eigenvalue weighted by molar-refractivity contribution is 5.81. The normalized spacial score (nSPS) is 13.1. The van der Waals surface area contributed by atoms with Crippen molar-refractivity contribution in [3.8, 4) is 0 Å². The van der Waals surface area contributed by atoms with Gasteiger partial charge in [0.25, 0.3) is 0 Å². The van der Waals surface area contributed by atoms with Gasteiger partial charge in [0.15, 0.2) is 0 Å². The number of carbonyl (C=O) groups excluding carboxylic acids is 1. The maximum atomic E-state index is 11.6. The first-order valence-electron chi connectivity index (χ1n) is 7.46. The lowest BCUT2D eigenvalue weighted by atomic mass is 10.0. The Kier molecular flexibility index (Phi) is 10.0. The molecule has 0 saturated heterocycles. The number of nitrogens with one attached hydrogen (secondary N) is 1. The summed E-state index contributed by atoms with van der Waals surface area (Å²) in [5, 5.41) is 2.92. The zero-order valence-corrected chi connectivity index (χ0v) is 12.7. The van der Waals surface area contributed by atoms with Crippen LogP contribution in [0.15, 0.2) is 0 Å². The summed E-state index contributed by atoms with van der Waals surface area (Å²) in [6, 6.07) is -0.342. The minimum atomic E-state index is -0.342. The van der Waals surface area contributed by atoms with Gasteiger partial charge < -0.3 is 11.1 Å². The van der Waals surface area contributed by atoms with Crippen molar-refractivity contribution in [3.05, 3.63) is 0 Å². The van der Waals surface area contributed by atoms with E-state index in [1.807, 2.05) is 0 Å². The van der Waals surface area contributed by atoms with Crippen LogP contribution in [-0.2, 0) is 4.79 Å². The Morgan fingerprint density at radius 1 is 1.00 bits per heavy atom. The zero-order valence-electron chi connectivity index (χ0n) is 12.7. The first-order valence-corrected chi connectivity index (χ1v) is 7.46. The smallest absolute Gasteiger partial charge is 0.236 e. The molecule has 0 rings (SSSR count). The molecule has 0 bridgehead atoms. The first kappa shape index (κ1) is 17.4. The molecular weight excluding hydrogens is 224 g/mol. The van der Waals surface area contributed by atoms with Gasteiger partial charge in [0, 0.05) is 6.54 Å². The SMILES string of the molecule is CC(C)CCCCCCNC(=O)[C@@H](N)CC(C)C. The topological polar surface area (TPSA) is 55.1 Å². The molecule has 3 N–H and O–H groups in total. The molecule has 0 aliphatic heterocycles. The summed E-state index contributed by atoms with van der Waals surface area (Å²) in [4.78, 5) is 11.6. The molecule has 0 spiro atoms. The van der Waals surface area contributed by atoms with Gasteiger partial charge in [-0.25, -0.2) is 0 Å². The summed E-state index contributed by atoms with van der Waals surface area (Å²) in [5.41, 5.74) is 5.80. The van der Waals surface area contributed by atoms with E-state index < -0.39 is 0 Å². The predicted molar refractivity (Wildman–Crippen MR) is 78.4 cm³/mol. The Bertz CT molecular complexity index is 215. The fraction of sp³-hybridized carbons (Fsp3) is 0.933. The molecule has 0 heterocycles. The number of unbranched alkanes of at least 4 members (excludes halogenated alkanes) is 3. The van der Waals surface area contributed by atoms with Crippen molar-refractivity contribution >= 4 is 5.91 Å². The lowest BCUT2D eigenvalue weighted by Gasteiger charge is -2.14. The van der Waals surface area contributed by atoms with Gasteiger partial charge in [0.1, 0.15) is 0 Å². The maximum absolute atomic E-state index is 11.6. The Balaban J connectivity index is 3.40. The van der Waals surface area contributed by atoms with Gasteiger partial charge in [-0.3, -0.25) is 4.79 Å². The highest BCUT2D eigenvalue weighted by atomic mass is 16.2. The minimum Gasteiger partial charge on any atom is -0.355 e. The third kappa shape index (κ3) is 10.6. The van der Waals surface area contributed by atoms with Gasteiger partial charge >= 0.3 is 0 Å². The van der Waals surface area contributed by atoms with Gasteiger partial charge in [-0.2, -0.15) is 0 Å². The van der Waals surface area contributed by atoms with Crippen LogP contribution in [0.4, 0.5) is 0 Å². The Morgan fingerprint density at radius 2 is 1.61 bits per heavy atom. The highest BCUT2D eigenvalue weighted by Gasteiger charge is 2.13. The molecular formula is C15H32N2O. The van der Waals surface area contributed by atoms with Gasteiger partial charge in [-0.1, -0.05) is 53.4 Å². The second-order valence-corrected chi connectivity index (χ2v) is 6.12. The van der Waals surface area contributed by atoms with Gasteiger partial charge in [-0.05, 0) is 24.7 Å². The van der Waals surface area contributed by atoms with Crippen LogP contribution >= 0.6 is 0 Å². The Hall–Kier alpha value is -0.570. The quantitative estimate of drug-likeness (QED) is 0.590. The molecule has 0 unspecified atom stereocenters. The van der Waals surface area contributed by atoms with Crippen LogP contribution in [0.2, 0.25) is 0 Å². The average molecular weight is 256 g/mol. The largest absolute Gasteiger partial charge is 0.355 e. The molecule has 1 atom stereocenters. The van der Waals surface area contributed by atoms with Crippen LogP contribution in [0.1, 0.15) is 66.2 Å². The van der Waals surface area contributed by atoms with Gasteiger partial charge in [-0.15, -0.1) is 0 Å². The molecule has 0 aromatic heterocycles.